The Labute approximate surface area is 162 Å². The molecule has 1 atom stereocenters. The van der Waals surface area contributed by atoms with Gasteiger partial charge < -0.3 is 14.7 Å². The van der Waals surface area contributed by atoms with Gasteiger partial charge in [-0.3, -0.25) is 9.59 Å². The minimum atomic E-state index is 0.101. The maximum atomic E-state index is 13.1. The fourth-order valence-electron chi connectivity index (χ4n) is 5.16. The van der Waals surface area contributed by atoms with Gasteiger partial charge in [-0.05, 0) is 69.3 Å². The lowest BCUT2D eigenvalue weighted by Gasteiger charge is -2.37. The summed E-state index contributed by atoms with van der Waals surface area (Å²) in [5, 5.41) is 0. The zero-order chi connectivity index (χ0) is 19.0. The summed E-state index contributed by atoms with van der Waals surface area (Å²) in [6.07, 6.45) is 4.80. The highest BCUT2D eigenvalue weighted by molar-refractivity contribution is 5.87. The van der Waals surface area contributed by atoms with Crippen molar-refractivity contribution in [1.29, 1.82) is 0 Å². The van der Waals surface area contributed by atoms with Gasteiger partial charge in [0, 0.05) is 19.5 Å². The van der Waals surface area contributed by atoms with Gasteiger partial charge in [-0.2, -0.15) is 0 Å². The molecule has 27 heavy (non-hydrogen) atoms. The molecule has 2 amide bonds. The average Bonchev–Trinajstić information content (AvgIpc) is 3.24. The number of carbonyl (C=O) groups is 2. The van der Waals surface area contributed by atoms with E-state index in [9.17, 15) is 9.59 Å². The SMILES string of the molecule is Cc1ccccc1C1CCCN1C(=O)CN1CC2(CCN(C)CC2)CC1=O. The molecule has 0 aromatic heterocycles. The first-order chi connectivity index (χ1) is 13.0. The van der Waals surface area contributed by atoms with Crippen molar-refractivity contribution in [2.45, 2.75) is 45.1 Å². The summed E-state index contributed by atoms with van der Waals surface area (Å²) in [7, 11) is 2.14. The number of aryl methyl sites for hydroxylation is 1. The normalized spacial score (nSPS) is 25.6. The predicted molar refractivity (Wildman–Crippen MR) is 105 cm³/mol. The summed E-state index contributed by atoms with van der Waals surface area (Å²) in [5.41, 5.74) is 2.59. The van der Waals surface area contributed by atoms with Gasteiger partial charge in [-0.25, -0.2) is 0 Å². The first-order valence-corrected chi connectivity index (χ1v) is 10.3. The number of amides is 2. The van der Waals surface area contributed by atoms with Crippen LogP contribution in [0.25, 0.3) is 0 Å². The van der Waals surface area contributed by atoms with Gasteiger partial charge >= 0.3 is 0 Å². The van der Waals surface area contributed by atoms with Crippen molar-refractivity contribution in [3.8, 4) is 0 Å². The van der Waals surface area contributed by atoms with E-state index in [1.165, 1.54) is 11.1 Å². The molecule has 0 saturated carbocycles. The second-order valence-electron chi connectivity index (χ2n) is 8.83. The molecule has 3 aliphatic rings. The molecular formula is C22H31N3O2. The molecule has 4 rings (SSSR count). The van der Waals surface area contributed by atoms with Crippen molar-refractivity contribution >= 4 is 11.8 Å². The molecule has 3 heterocycles. The van der Waals surface area contributed by atoms with Gasteiger partial charge in [-0.1, -0.05) is 24.3 Å². The molecule has 0 bridgehead atoms. The molecule has 3 saturated heterocycles. The highest BCUT2D eigenvalue weighted by atomic mass is 16.2. The van der Waals surface area contributed by atoms with Crippen molar-refractivity contribution in [2.24, 2.45) is 5.41 Å². The van der Waals surface area contributed by atoms with E-state index in [2.05, 4.69) is 37.1 Å². The Kier molecular flexibility index (Phi) is 4.97. The number of carbonyl (C=O) groups excluding carboxylic acids is 2. The zero-order valence-electron chi connectivity index (χ0n) is 16.6. The van der Waals surface area contributed by atoms with Crippen LogP contribution in [0.1, 0.15) is 49.3 Å². The van der Waals surface area contributed by atoms with E-state index < -0.39 is 0 Å². The minimum absolute atomic E-state index is 0.101. The van der Waals surface area contributed by atoms with Crippen LogP contribution >= 0.6 is 0 Å². The van der Waals surface area contributed by atoms with E-state index in [0.29, 0.717) is 6.42 Å². The van der Waals surface area contributed by atoms with E-state index in [1.807, 2.05) is 15.9 Å². The van der Waals surface area contributed by atoms with Crippen LogP contribution in [0.5, 0.6) is 0 Å². The van der Waals surface area contributed by atoms with Crippen molar-refractivity contribution in [3.05, 3.63) is 35.4 Å². The average molecular weight is 370 g/mol. The molecule has 1 spiro atoms. The maximum Gasteiger partial charge on any atom is 0.242 e. The van der Waals surface area contributed by atoms with Crippen LogP contribution in [-0.2, 0) is 9.59 Å². The van der Waals surface area contributed by atoms with E-state index in [1.54, 1.807) is 0 Å². The number of rotatable bonds is 3. The first kappa shape index (κ1) is 18.5. The molecule has 146 valence electrons. The molecule has 3 aliphatic heterocycles. The summed E-state index contributed by atoms with van der Waals surface area (Å²) in [4.78, 5) is 31.9. The fourth-order valence-corrected chi connectivity index (χ4v) is 5.16. The summed E-state index contributed by atoms with van der Waals surface area (Å²) >= 11 is 0. The number of likely N-dealkylation sites (tertiary alicyclic amines) is 3. The Bertz CT molecular complexity index is 724. The van der Waals surface area contributed by atoms with Crippen LogP contribution in [0.15, 0.2) is 24.3 Å². The molecule has 3 fully saturated rings. The molecule has 1 aromatic carbocycles. The third-order valence-corrected chi connectivity index (χ3v) is 6.90. The lowest BCUT2D eigenvalue weighted by Crippen LogP contribution is -2.43. The highest BCUT2D eigenvalue weighted by Crippen LogP contribution is 2.41. The van der Waals surface area contributed by atoms with Gasteiger partial charge in [0.25, 0.3) is 0 Å². The molecule has 5 heteroatoms. The Hall–Kier alpha value is -1.88. The maximum absolute atomic E-state index is 13.1. The van der Waals surface area contributed by atoms with Gasteiger partial charge in [0.15, 0.2) is 0 Å². The Balaban J connectivity index is 1.43. The van der Waals surface area contributed by atoms with Gasteiger partial charge in [0.05, 0.1) is 12.6 Å². The van der Waals surface area contributed by atoms with Gasteiger partial charge in [-0.15, -0.1) is 0 Å². The van der Waals surface area contributed by atoms with Crippen LogP contribution in [0.4, 0.5) is 0 Å². The molecule has 0 radical (unpaired) electrons. The third kappa shape index (κ3) is 3.62. The number of hydrogen-bond donors (Lipinski definition) is 0. The van der Waals surface area contributed by atoms with Crippen LogP contribution < -0.4 is 0 Å². The predicted octanol–water partition coefficient (Wildman–Crippen LogP) is 2.60. The Morgan fingerprint density at radius 3 is 2.67 bits per heavy atom. The summed E-state index contributed by atoms with van der Waals surface area (Å²) in [6.45, 7) is 6.03. The molecule has 1 unspecified atom stereocenters. The molecular weight excluding hydrogens is 338 g/mol. The topological polar surface area (TPSA) is 43.9 Å². The largest absolute Gasteiger partial charge is 0.334 e. The van der Waals surface area contributed by atoms with Gasteiger partial charge in [0.2, 0.25) is 11.8 Å². The first-order valence-electron chi connectivity index (χ1n) is 10.3. The van der Waals surface area contributed by atoms with E-state index >= 15 is 0 Å². The third-order valence-electron chi connectivity index (χ3n) is 6.90. The molecule has 0 aliphatic carbocycles. The van der Waals surface area contributed by atoms with Crippen molar-refractivity contribution < 1.29 is 9.59 Å². The van der Waals surface area contributed by atoms with Crippen molar-refractivity contribution in [2.75, 3.05) is 39.8 Å². The smallest absolute Gasteiger partial charge is 0.242 e. The monoisotopic (exact) mass is 369 g/mol. The summed E-state index contributed by atoms with van der Waals surface area (Å²) < 4.78 is 0. The van der Waals surface area contributed by atoms with Crippen molar-refractivity contribution in [3.63, 3.8) is 0 Å². The number of hydrogen-bond acceptors (Lipinski definition) is 3. The summed E-state index contributed by atoms with van der Waals surface area (Å²) in [6, 6.07) is 8.51. The van der Waals surface area contributed by atoms with Crippen LogP contribution in [-0.4, -0.2) is 66.3 Å². The minimum Gasteiger partial charge on any atom is -0.334 e. The van der Waals surface area contributed by atoms with Crippen LogP contribution in [0.2, 0.25) is 0 Å². The second-order valence-corrected chi connectivity index (χ2v) is 8.83. The molecule has 0 N–H and O–H groups in total. The molecule has 5 nitrogen and oxygen atoms in total. The lowest BCUT2D eigenvalue weighted by molar-refractivity contribution is -0.139. The molecule has 1 aromatic rings. The number of benzene rings is 1. The summed E-state index contributed by atoms with van der Waals surface area (Å²) in [5.74, 6) is 0.277. The van der Waals surface area contributed by atoms with E-state index in [0.717, 1.165) is 51.9 Å². The van der Waals surface area contributed by atoms with Crippen molar-refractivity contribution in [1.82, 2.24) is 14.7 Å². The number of nitrogens with zero attached hydrogens (tertiary/aromatic N) is 3. The lowest BCUT2D eigenvalue weighted by atomic mass is 9.78. The highest BCUT2D eigenvalue weighted by Gasteiger charge is 2.45. The second kappa shape index (κ2) is 7.27. The number of piperidine rings is 1. The van der Waals surface area contributed by atoms with Crippen LogP contribution in [0, 0.1) is 12.3 Å². The Morgan fingerprint density at radius 2 is 1.93 bits per heavy atom. The van der Waals surface area contributed by atoms with E-state index in [-0.39, 0.29) is 29.8 Å². The Morgan fingerprint density at radius 1 is 1.19 bits per heavy atom. The zero-order valence-corrected chi connectivity index (χ0v) is 16.6. The fraction of sp³-hybridized carbons (Fsp3) is 0.636. The van der Waals surface area contributed by atoms with Gasteiger partial charge in [0.1, 0.15) is 0 Å². The standard InChI is InChI=1S/C22H31N3O2/c1-17-6-3-4-7-18(17)19-8-5-11-25(19)21(27)15-24-16-22(14-20(24)26)9-12-23(2)13-10-22/h3-4,6-7,19H,5,8-16H2,1-2H3. The van der Waals surface area contributed by atoms with E-state index in [4.69, 9.17) is 0 Å². The van der Waals surface area contributed by atoms with Crippen LogP contribution in [0.3, 0.4) is 0 Å². The quantitative estimate of drug-likeness (QED) is 0.823.